The van der Waals surface area contributed by atoms with E-state index in [0.29, 0.717) is 24.2 Å². The molecule has 5 unspecified atom stereocenters. The van der Waals surface area contributed by atoms with Crippen molar-refractivity contribution in [1.82, 2.24) is 0 Å². The summed E-state index contributed by atoms with van der Waals surface area (Å²) in [4.78, 5) is 23.0. The number of aldehydes is 1. The Bertz CT molecular complexity index is 760. The number of epoxide rings is 1. The van der Waals surface area contributed by atoms with Crippen molar-refractivity contribution in [3.8, 4) is 0 Å². The van der Waals surface area contributed by atoms with Gasteiger partial charge in [-0.2, -0.15) is 0 Å². The van der Waals surface area contributed by atoms with Gasteiger partial charge in [0.15, 0.2) is 0 Å². The molecule has 5 rings (SSSR count). The first-order valence-corrected chi connectivity index (χ1v) is 11.4. The zero-order valence-corrected chi connectivity index (χ0v) is 18.0. The number of aliphatic hydroxyl groups is 1. The van der Waals surface area contributed by atoms with Crippen LogP contribution in [0.4, 0.5) is 0 Å². The van der Waals surface area contributed by atoms with Crippen LogP contribution in [0.25, 0.3) is 0 Å². The third-order valence-electron chi connectivity index (χ3n) is 9.71. The second-order valence-corrected chi connectivity index (χ2v) is 10.9. The van der Waals surface area contributed by atoms with Gasteiger partial charge in [-0.3, -0.25) is 4.79 Å². The van der Waals surface area contributed by atoms with Crippen LogP contribution in [0.15, 0.2) is 11.6 Å². The number of fused-ring (bicyclic) bond motifs is 7. The molecule has 5 nitrogen and oxygen atoms in total. The molecule has 3 saturated carbocycles. The third kappa shape index (κ3) is 2.59. The highest BCUT2D eigenvalue weighted by atomic mass is 16.6. The van der Waals surface area contributed by atoms with Gasteiger partial charge in [0, 0.05) is 24.7 Å². The molecular weight excluding hydrogens is 368 g/mol. The van der Waals surface area contributed by atoms with Gasteiger partial charge in [0.1, 0.15) is 18.5 Å². The van der Waals surface area contributed by atoms with Crippen LogP contribution in [0.3, 0.4) is 0 Å². The van der Waals surface area contributed by atoms with Crippen LogP contribution in [0, 0.1) is 40.4 Å². The van der Waals surface area contributed by atoms with E-state index in [1.807, 2.05) is 0 Å². The van der Waals surface area contributed by atoms with Crippen LogP contribution < -0.4 is 0 Å². The molecule has 11 atom stereocenters. The fourth-order valence-corrected chi connectivity index (χ4v) is 8.33. The van der Waals surface area contributed by atoms with Gasteiger partial charge in [0.25, 0.3) is 0 Å². The van der Waals surface area contributed by atoms with Crippen molar-refractivity contribution in [3.63, 3.8) is 0 Å². The van der Waals surface area contributed by atoms with Crippen LogP contribution in [0.5, 0.6) is 0 Å². The van der Waals surface area contributed by atoms with Crippen LogP contribution in [-0.4, -0.2) is 41.8 Å². The first kappa shape index (κ1) is 19.7. The zero-order valence-electron chi connectivity index (χ0n) is 18.0. The maximum Gasteiger partial charge on any atom is 0.303 e. The summed E-state index contributed by atoms with van der Waals surface area (Å²) in [5, 5.41) is 11.3. The standard InChI is InChI=1S/C24H34O5/c1-12(11-25)15-5-6-16-20-17(7-8-23(15,16)3)24(4)14(9-18(20)27)10-19(28-13(2)26)21-22(24)29-21/h9,11-12,15-22,27H,5-8,10H2,1-4H3/t12?,15-,16+,17+,18?,19?,20+,21?,22?,23-,24+/m1/s1. The van der Waals surface area contributed by atoms with Crippen molar-refractivity contribution in [2.75, 3.05) is 0 Å². The molecule has 0 aromatic carbocycles. The number of esters is 1. The second kappa shape index (κ2) is 6.40. The molecule has 5 aliphatic rings. The van der Waals surface area contributed by atoms with E-state index in [0.717, 1.165) is 32.0 Å². The lowest BCUT2D eigenvalue weighted by atomic mass is 9.46. The molecular formula is C24H34O5. The Labute approximate surface area is 173 Å². The lowest BCUT2D eigenvalue weighted by molar-refractivity contribution is -0.148. The van der Waals surface area contributed by atoms with E-state index in [4.69, 9.17) is 9.47 Å². The van der Waals surface area contributed by atoms with Gasteiger partial charge in [0.2, 0.25) is 0 Å². The smallest absolute Gasteiger partial charge is 0.303 e. The zero-order chi connectivity index (χ0) is 20.7. The van der Waals surface area contributed by atoms with E-state index in [2.05, 4.69) is 26.8 Å². The van der Waals surface area contributed by atoms with Crippen molar-refractivity contribution in [2.45, 2.75) is 84.2 Å². The van der Waals surface area contributed by atoms with Crippen molar-refractivity contribution >= 4 is 12.3 Å². The molecule has 1 heterocycles. The van der Waals surface area contributed by atoms with Gasteiger partial charge in [-0.15, -0.1) is 0 Å². The molecule has 1 N–H and O–H groups in total. The summed E-state index contributed by atoms with van der Waals surface area (Å²) < 4.78 is 11.6. The van der Waals surface area contributed by atoms with Crippen LogP contribution >= 0.6 is 0 Å². The third-order valence-corrected chi connectivity index (χ3v) is 9.71. The molecule has 29 heavy (non-hydrogen) atoms. The number of ether oxygens (including phenoxy) is 2. The SMILES string of the molecule is CC(=O)OC1CC2=CC(O)[C@H]3[C@@H]4CC[C@H](C(C)C=O)[C@@]4(C)CC[C@@H]3[C@@]2(C)C2OC12. The van der Waals surface area contributed by atoms with Gasteiger partial charge < -0.3 is 19.4 Å². The van der Waals surface area contributed by atoms with Gasteiger partial charge in [-0.25, -0.2) is 0 Å². The maximum absolute atomic E-state index is 11.5. The minimum Gasteiger partial charge on any atom is -0.459 e. The normalized spacial score (nSPS) is 53.5. The summed E-state index contributed by atoms with van der Waals surface area (Å²) in [6, 6.07) is 0. The van der Waals surface area contributed by atoms with Crippen molar-refractivity contribution in [3.05, 3.63) is 11.6 Å². The predicted molar refractivity (Wildman–Crippen MR) is 107 cm³/mol. The molecule has 4 fully saturated rings. The summed E-state index contributed by atoms with van der Waals surface area (Å²) in [5.41, 5.74) is 1.26. The minimum absolute atomic E-state index is 0.00309. The molecule has 0 spiro atoms. The number of aliphatic hydroxyl groups excluding tert-OH is 1. The molecule has 0 aromatic heterocycles. The van der Waals surface area contributed by atoms with Gasteiger partial charge in [-0.05, 0) is 54.8 Å². The van der Waals surface area contributed by atoms with Gasteiger partial charge in [-0.1, -0.05) is 32.4 Å². The molecule has 1 saturated heterocycles. The fourth-order valence-electron chi connectivity index (χ4n) is 8.33. The highest BCUT2D eigenvalue weighted by Gasteiger charge is 2.69. The Hall–Kier alpha value is -1.20. The van der Waals surface area contributed by atoms with E-state index < -0.39 is 6.10 Å². The van der Waals surface area contributed by atoms with Gasteiger partial charge in [0.05, 0.1) is 12.2 Å². The average Bonchev–Trinajstić information content (AvgIpc) is 3.40. The van der Waals surface area contributed by atoms with Crippen molar-refractivity contribution < 1.29 is 24.2 Å². The first-order valence-electron chi connectivity index (χ1n) is 11.4. The second-order valence-electron chi connectivity index (χ2n) is 10.9. The predicted octanol–water partition coefficient (Wildman–Crippen LogP) is 3.29. The van der Waals surface area contributed by atoms with E-state index in [9.17, 15) is 14.7 Å². The molecule has 5 heteroatoms. The van der Waals surface area contributed by atoms with E-state index in [1.165, 1.54) is 12.5 Å². The number of hydrogen-bond donors (Lipinski definition) is 1. The van der Waals surface area contributed by atoms with Crippen molar-refractivity contribution in [1.29, 1.82) is 0 Å². The summed E-state index contributed by atoms with van der Waals surface area (Å²) >= 11 is 0. The molecule has 160 valence electrons. The number of rotatable bonds is 3. The molecule has 0 amide bonds. The highest BCUT2D eigenvalue weighted by molar-refractivity contribution is 5.66. The lowest BCUT2D eigenvalue weighted by Gasteiger charge is -2.58. The monoisotopic (exact) mass is 402 g/mol. The van der Waals surface area contributed by atoms with Crippen LogP contribution in [0.2, 0.25) is 0 Å². The van der Waals surface area contributed by atoms with E-state index in [1.54, 1.807) is 0 Å². The first-order chi connectivity index (χ1) is 13.7. The van der Waals surface area contributed by atoms with Crippen molar-refractivity contribution in [2.24, 2.45) is 40.4 Å². The molecule has 4 aliphatic carbocycles. The Morgan fingerprint density at radius 1 is 1.31 bits per heavy atom. The minimum atomic E-state index is -0.466. The largest absolute Gasteiger partial charge is 0.459 e. The van der Waals surface area contributed by atoms with E-state index >= 15 is 0 Å². The number of carbonyl (C=O) groups excluding carboxylic acids is 2. The Balaban J connectivity index is 1.48. The van der Waals surface area contributed by atoms with Gasteiger partial charge >= 0.3 is 5.97 Å². The lowest BCUT2D eigenvalue weighted by Crippen LogP contribution is -2.57. The molecule has 0 bridgehead atoms. The Morgan fingerprint density at radius 2 is 2.07 bits per heavy atom. The van der Waals surface area contributed by atoms with Crippen LogP contribution in [0.1, 0.15) is 59.8 Å². The number of hydrogen-bond acceptors (Lipinski definition) is 5. The Kier molecular flexibility index (Phi) is 4.36. The number of carbonyl (C=O) groups is 2. The maximum atomic E-state index is 11.5. The highest BCUT2D eigenvalue weighted by Crippen LogP contribution is 2.69. The summed E-state index contributed by atoms with van der Waals surface area (Å²) in [6.45, 7) is 8.20. The van der Waals surface area contributed by atoms with Crippen LogP contribution in [-0.2, 0) is 19.1 Å². The summed E-state index contributed by atoms with van der Waals surface area (Å²) in [5.74, 6) is 1.29. The Morgan fingerprint density at radius 3 is 2.76 bits per heavy atom. The molecule has 0 radical (unpaired) electrons. The molecule has 1 aliphatic heterocycles. The quantitative estimate of drug-likeness (QED) is 0.339. The average molecular weight is 403 g/mol. The summed E-state index contributed by atoms with van der Waals surface area (Å²) in [7, 11) is 0. The molecule has 0 aromatic rings. The fraction of sp³-hybridized carbons (Fsp3) is 0.833. The van der Waals surface area contributed by atoms with E-state index in [-0.39, 0.29) is 46.9 Å². The summed E-state index contributed by atoms with van der Waals surface area (Å²) in [6.07, 6.45) is 7.62. The topological polar surface area (TPSA) is 76.1 Å².